The van der Waals surface area contributed by atoms with E-state index in [1.807, 2.05) is 18.2 Å². The van der Waals surface area contributed by atoms with Crippen molar-refractivity contribution in [1.82, 2.24) is 0 Å². The average molecular weight is 340 g/mol. The van der Waals surface area contributed by atoms with E-state index in [9.17, 15) is 4.79 Å². The van der Waals surface area contributed by atoms with Crippen LogP contribution in [0.3, 0.4) is 0 Å². The molecule has 1 aliphatic heterocycles. The zero-order valence-corrected chi connectivity index (χ0v) is 13.1. The highest BCUT2D eigenvalue weighted by atomic mass is 79.9. The number of carboxylic acid groups (broad SMARTS) is 1. The predicted molar refractivity (Wildman–Crippen MR) is 83.0 cm³/mol. The molecule has 1 fully saturated rings. The molecule has 20 heavy (non-hydrogen) atoms. The van der Waals surface area contributed by atoms with Crippen LogP contribution in [0.25, 0.3) is 6.08 Å². The Balaban J connectivity index is 2.18. The second kappa shape index (κ2) is 6.41. The smallest absolute Gasteiger partial charge is 0.328 e. The Morgan fingerprint density at radius 2 is 2.05 bits per heavy atom. The zero-order valence-electron chi connectivity index (χ0n) is 11.5. The lowest BCUT2D eigenvalue weighted by Crippen LogP contribution is -2.45. The molecule has 1 saturated heterocycles. The van der Waals surface area contributed by atoms with Gasteiger partial charge in [-0.1, -0.05) is 22.0 Å². The lowest BCUT2D eigenvalue weighted by Gasteiger charge is -2.37. The maximum atomic E-state index is 10.5. The van der Waals surface area contributed by atoms with Crippen LogP contribution in [0.2, 0.25) is 0 Å². The van der Waals surface area contributed by atoms with E-state index in [-0.39, 0.29) is 12.2 Å². The number of anilines is 1. The predicted octanol–water partition coefficient (Wildman–Crippen LogP) is 3.16. The van der Waals surface area contributed by atoms with E-state index in [1.54, 1.807) is 6.08 Å². The molecule has 2 atom stereocenters. The van der Waals surface area contributed by atoms with Crippen LogP contribution in [0, 0.1) is 0 Å². The van der Waals surface area contributed by atoms with Gasteiger partial charge in [0.25, 0.3) is 0 Å². The third-order valence-electron chi connectivity index (χ3n) is 3.17. The van der Waals surface area contributed by atoms with Gasteiger partial charge in [0.2, 0.25) is 0 Å². The standard InChI is InChI=1S/C15H18BrNO3/c1-10-8-17(9-11(2)20-10)13-5-3-12(14(16)7-13)4-6-15(18)19/h3-7,10-11H,8-9H2,1-2H3,(H,18,19)/b6-4+. The SMILES string of the molecule is CC1CN(c2ccc(/C=C/C(=O)O)c(Br)c2)CC(C)O1. The lowest BCUT2D eigenvalue weighted by molar-refractivity contribution is -0.131. The molecule has 1 N–H and O–H groups in total. The summed E-state index contributed by atoms with van der Waals surface area (Å²) in [4.78, 5) is 12.8. The van der Waals surface area contributed by atoms with Crippen molar-refractivity contribution in [1.29, 1.82) is 0 Å². The van der Waals surface area contributed by atoms with Crippen molar-refractivity contribution in [3.63, 3.8) is 0 Å². The van der Waals surface area contributed by atoms with Crippen molar-refractivity contribution in [3.05, 3.63) is 34.3 Å². The largest absolute Gasteiger partial charge is 0.478 e. The molecular formula is C15H18BrNO3. The van der Waals surface area contributed by atoms with Gasteiger partial charge >= 0.3 is 5.97 Å². The fraction of sp³-hybridized carbons (Fsp3) is 0.400. The second-order valence-electron chi connectivity index (χ2n) is 5.04. The number of morpholine rings is 1. The third-order valence-corrected chi connectivity index (χ3v) is 3.86. The van der Waals surface area contributed by atoms with E-state index >= 15 is 0 Å². The summed E-state index contributed by atoms with van der Waals surface area (Å²) in [6, 6.07) is 5.95. The number of carboxylic acids is 1. The highest BCUT2D eigenvalue weighted by Crippen LogP contribution is 2.27. The fourth-order valence-electron chi connectivity index (χ4n) is 2.40. The summed E-state index contributed by atoms with van der Waals surface area (Å²) in [7, 11) is 0. The summed E-state index contributed by atoms with van der Waals surface area (Å²) in [5.74, 6) is -0.947. The van der Waals surface area contributed by atoms with E-state index in [0.29, 0.717) is 0 Å². The molecule has 1 aliphatic rings. The fourth-order valence-corrected chi connectivity index (χ4v) is 2.90. The normalized spacial score (nSPS) is 23.2. The van der Waals surface area contributed by atoms with Crippen LogP contribution in [-0.4, -0.2) is 36.4 Å². The van der Waals surface area contributed by atoms with Crippen molar-refractivity contribution in [2.24, 2.45) is 0 Å². The molecule has 1 aromatic rings. The molecule has 0 spiro atoms. The van der Waals surface area contributed by atoms with Crippen LogP contribution in [0.15, 0.2) is 28.7 Å². The van der Waals surface area contributed by atoms with Crippen LogP contribution in [0.4, 0.5) is 5.69 Å². The van der Waals surface area contributed by atoms with Gasteiger partial charge in [-0.15, -0.1) is 0 Å². The van der Waals surface area contributed by atoms with Crippen molar-refractivity contribution >= 4 is 33.7 Å². The van der Waals surface area contributed by atoms with E-state index < -0.39 is 5.97 Å². The first kappa shape index (κ1) is 15.1. The quantitative estimate of drug-likeness (QED) is 0.859. The van der Waals surface area contributed by atoms with Gasteiger partial charge in [0.05, 0.1) is 12.2 Å². The molecule has 108 valence electrons. The molecule has 0 radical (unpaired) electrons. The molecule has 5 heteroatoms. The minimum atomic E-state index is -0.947. The average Bonchev–Trinajstić information content (AvgIpc) is 2.35. The lowest BCUT2D eigenvalue weighted by atomic mass is 10.1. The monoisotopic (exact) mass is 339 g/mol. The van der Waals surface area contributed by atoms with Gasteiger partial charge in [-0.05, 0) is 37.6 Å². The summed E-state index contributed by atoms with van der Waals surface area (Å²) in [5, 5.41) is 8.66. The van der Waals surface area contributed by atoms with Crippen LogP contribution in [-0.2, 0) is 9.53 Å². The molecule has 2 unspecified atom stereocenters. The number of rotatable bonds is 3. The molecular weight excluding hydrogens is 322 g/mol. The molecule has 1 aromatic carbocycles. The van der Waals surface area contributed by atoms with Gasteiger partial charge in [0.1, 0.15) is 0 Å². The first-order valence-electron chi connectivity index (χ1n) is 6.56. The van der Waals surface area contributed by atoms with Crippen LogP contribution >= 0.6 is 15.9 Å². The van der Waals surface area contributed by atoms with Crippen molar-refractivity contribution < 1.29 is 14.6 Å². The Hall–Kier alpha value is -1.33. The molecule has 0 amide bonds. The first-order valence-corrected chi connectivity index (χ1v) is 7.36. The van der Waals surface area contributed by atoms with Gasteiger partial charge in [0, 0.05) is 29.3 Å². The van der Waals surface area contributed by atoms with E-state index in [0.717, 1.165) is 34.9 Å². The number of ether oxygens (including phenoxy) is 1. The van der Waals surface area contributed by atoms with Crippen LogP contribution in [0.1, 0.15) is 19.4 Å². The van der Waals surface area contributed by atoms with Gasteiger partial charge in [-0.3, -0.25) is 0 Å². The van der Waals surface area contributed by atoms with E-state index in [1.165, 1.54) is 0 Å². The van der Waals surface area contributed by atoms with E-state index in [4.69, 9.17) is 9.84 Å². The topological polar surface area (TPSA) is 49.8 Å². The summed E-state index contributed by atoms with van der Waals surface area (Å²) in [6.07, 6.45) is 3.15. The number of hydrogen-bond donors (Lipinski definition) is 1. The zero-order chi connectivity index (χ0) is 14.7. The highest BCUT2D eigenvalue weighted by Gasteiger charge is 2.22. The Labute approximate surface area is 127 Å². The first-order chi connectivity index (χ1) is 9.45. The number of halogens is 1. The second-order valence-corrected chi connectivity index (χ2v) is 5.89. The maximum absolute atomic E-state index is 10.5. The summed E-state index contributed by atoms with van der Waals surface area (Å²) >= 11 is 3.49. The van der Waals surface area contributed by atoms with Crippen molar-refractivity contribution in [3.8, 4) is 0 Å². The number of hydrogen-bond acceptors (Lipinski definition) is 3. The van der Waals surface area contributed by atoms with Gasteiger partial charge in [-0.25, -0.2) is 4.79 Å². The van der Waals surface area contributed by atoms with Crippen LogP contribution in [0.5, 0.6) is 0 Å². The maximum Gasteiger partial charge on any atom is 0.328 e. The molecule has 0 saturated carbocycles. The summed E-state index contributed by atoms with van der Waals surface area (Å²) < 4.78 is 6.62. The molecule has 1 heterocycles. The molecule has 4 nitrogen and oxygen atoms in total. The minimum absolute atomic E-state index is 0.212. The van der Waals surface area contributed by atoms with E-state index in [2.05, 4.69) is 34.7 Å². The van der Waals surface area contributed by atoms with Crippen LogP contribution < -0.4 is 4.90 Å². The van der Waals surface area contributed by atoms with Crippen molar-refractivity contribution in [2.75, 3.05) is 18.0 Å². The molecule has 0 aliphatic carbocycles. The Bertz CT molecular complexity index is 520. The molecule has 0 aromatic heterocycles. The van der Waals surface area contributed by atoms with Gasteiger partial charge < -0.3 is 14.7 Å². The van der Waals surface area contributed by atoms with Gasteiger partial charge in [-0.2, -0.15) is 0 Å². The Morgan fingerprint density at radius 1 is 1.40 bits per heavy atom. The number of nitrogens with zero attached hydrogens (tertiary/aromatic N) is 1. The number of carbonyl (C=O) groups is 1. The minimum Gasteiger partial charge on any atom is -0.478 e. The Kier molecular flexibility index (Phi) is 4.83. The summed E-state index contributed by atoms with van der Waals surface area (Å²) in [5.41, 5.74) is 1.97. The third kappa shape index (κ3) is 3.84. The number of benzene rings is 1. The Morgan fingerprint density at radius 3 is 2.60 bits per heavy atom. The highest BCUT2D eigenvalue weighted by molar-refractivity contribution is 9.10. The number of aliphatic carboxylic acids is 1. The summed E-state index contributed by atoms with van der Waals surface area (Å²) in [6.45, 7) is 5.87. The molecule has 2 rings (SSSR count). The molecule has 0 bridgehead atoms. The van der Waals surface area contributed by atoms with Crippen molar-refractivity contribution in [2.45, 2.75) is 26.1 Å². The van der Waals surface area contributed by atoms with Gasteiger partial charge in [0.15, 0.2) is 0 Å².